The Kier molecular flexibility index (Phi) is 4.62. The summed E-state index contributed by atoms with van der Waals surface area (Å²) in [5.41, 5.74) is 5.82. The molecule has 2 aromatic rings. The zero-order valence-corrected chi connectivity index (χ0v) is 15.5. The number of ether oxygens (including phenoxy) is 1. The Bertz CT molecular complexity index is 834. The monoisotopic (exact) mass is 351 g/mol. The van der Waals surface area contributed by atoms with E-state index in [1.165, 1.54) is 24.8 Å². The molecule has 1 atom stereocenters. The molecule has 0 radical (unpaired) electrons. The number of aromatic nitrogens is 2. The van der Waals surface area contributed by atoms with Crippen LogP contribution in [0, 0.1) is 0 Å². The fourth-order valence-corrected chi connectivity index (χ4v) is 3.89. The molecule has 1 fully saturated rings. The molecule has 0 spiro atoms. The van der Waals surface area contributed by atoms with Crippen molar-refractivity contribution in [3.05, 3.63) is 41.1 Å². The fraction of sp³-hybridized carbons (Fsp3) is 0.476. The molecule has 2 aliphatic rings. The molecule has 0 unspecified atom stereocenters. The van der Waals surface area contributed by atoms with Gasteiger partial charge in [-0.15, -0.1) is 0 Å². The third-order valence-corrected chi connectivity index (χ3v) is 5.60. The van der Waals surface area contributed by atoms with Gasteiger partial charge in [-0.05, 0) is 44.6 Å². The largest absolute Gasteiger partial charge is 0.469 e. The van der Waals surface area contributed by atoms with Crippen LogP contribution in [0.15, 0.2) is 24.3 Å². The highest BCUT2D eigenvalue weighted by molar-refractivity contribution is 5.73. The maximum atomic E-state index is 11.6. The molecule has 2 heterocycles. The van der Waals surface area contributed by atoms with Gasteiger partial charge in [-0.3, -0.25) is 4.79 Å². The topological polar surface area (TPSA) is 55.3 Å². The van der Waals surface area contributed by atoms with Gasteiger partial charge < -0.3 is 9.64 Å². The Balaban J connectivity index is 1.74. The molecular formula is C21H25N3O2. The minimum absolute atomic E-state index is 0.178. The number of carbonyl (C=O) groups excluding carboxylic acids is 1. The first-order chi connectivity index (χ1) is 12.7. The average molecular weight is 351 g/mol. The lowest BCUT2D eigenvalue weighted by Gasteiger charge is -2.39. The van der Waals surface area contributed by atoms with Crippen LogP contribution < -0.4 is 4.90 Å². The highest BCUT2D eigenvalue weighted by atomic mass is 16.5. The molecule has 136 valence electrons. The van der Waals surface area contributed by atoms with Crippen LogP contribution in [-0.4, -0.2) is 35.6 Å². The second-order valence-electron chi connectivity index (χ2n) is 7.22. The van der Waals surface area contributed by atoms with Gasteiger partial charge in [0, 0.05) is 35.8 Å². The third-order valence-electron chi connectivity index (χ3n) is 5.60. The first-order valence-electron chi connectivity index (χ1n) is 9.49. The molecule has 1 aliphatic carbocycles. The summed E-state index contributed by atoms with van der Waals surface area (Å²) in [6, 6.07) is 8.80. The normalized spacial score (nSPS) is 18.4. The van der Waals surface area contributed by atoms with E-state index >= 15 is 0 Å². The van der Waals surface area contributed by atoms with Crippen LogP contribution in [0.2, 0.25) is 0 Å². The van der Waals surface area contributed by atoms with Crippen LogP contribution in [0.5, 0.6) is 0 Å². The zero-order valence-electron chi connectivity index (χ0n) is 15.5. The van der Waals surface area contributed by atoms with Crippen molar-refractivity contribution in [2.24, 2.45) is 0 Å². The molecule has 1 saturated heterocycles. The van der Waals surface area contributed by atoms with Crippen LogP contribution in [0.1, 0.15) is 43.0 Å². The van der Waals surface area contributed by atoms with Gasteiger partial charge in [0.2, 0.25) is 5.95 Å². The molecular weight excluding hydrogens is 326 g/mol. The number of hydrogen-bond acceptors (Lipinski definition) is 5. The van der Waals surface area contributed by atoms with E-state index in [4.69, 9.17) is 14.7 Å². The number of esters is 1. The van der Waals surface area contributed by atoms with Crippen molar-refractivity contribution in [1.29, 1.82) is 0 Å². The van der Waals surface area contributed by atoms with Gasteiger partial charge in [-0.2, -0.15) is 0 Å². The van der Waals surface area contributed by atoms with Gasteiger partial charge in [0.05, 0.1) is 12.8 Å². The van der Waals surface area contributed by atoms with Crippen molar-refractivity contribution >= 4 is 11.9 Å². The Hall–Kier alpha value is -2.43. The van der Waals surface area contributed by atoms with Crippen LogP contribution in [0.4, 0.5) is 5.95 Å². The van der Waals surface area contributed by atoms with Crippen molar-refractivity contribution in [3.63, 3.8) is 0 Å². The quantitative estimate of drug-likeness (QED) is 0.774. The highest BCUT2D eigenvalue weighted by Crippen LogP contribution is 2.35. The Morgan fingerprint density at radius 3 is 2.85 bits per heavy atom. The van der Waals surface area contributed by atoms with Gasteiger partial charge in [0.25, 0.3) is 0 Å². The standard InChI is InChI=1S/C21H25N3O2/c1-14-12-13-24(14)21-22-18-9-5-8-17(18)20(23-21)16-7-4-3-6-15(16)10-11-19(25)26-2/h3-4,6-7,14H,5,8-13H2,1-2H3/t14-/m0/s1. The molecule has 1 aromatic heterocycles. The van der Waals surface area contributed by atoms with Crippen molar-refractivity contribution in [2.75, 3.05) is 18.6 Å². The number of aryl methyl sites for hydroxylation is 2. The van der Waals surface area contributed by atoms with E-state index < -0.39 is 0 Å². The number of rotatable bonds is 5. The summed E-state index contributed by atoms with van der Waals surface area (Å²) in [5.74, 6) is 0.685. The van der Waals surface area contributed by atoms with Crippen molar-refractivity contribution in [3.8, 4) is 11.3 Å². The van der Waals surface area contributed by atoms with Gasteiger partial charge in [-0.1, -0.05) is 24.3 Å². The summed E-state index contributed by atoms with van der Waals surface area (Å²) in [7, 11) is 1.44. The fourth-order valence-electron chi connectivity index (χ4n) is 3.89. The van der Waals surface area contributed by atoms with Gasteiger partial charge in [-0.25, -0.2) is 9.97 Å². The number of methoxy groups -OCH3 is 1. The molecule has 0 amide bonds. The smallest absolute Gasteiger partial charge is 0.305 e. The Morgan fingerprint density at radius 2 is 2.12 bits per heavy atom. The van der Waals surface area contributed by atoms with Crippen LogP contribution in [-0.2, 0) is 28.8 Å². The summed E-state index contributed by atoms with van der Waals surface area (Å²) >= 11 is 0. The molecule has 5 nitrogen and oxygen atoms in total. The van der Waals surface area contributed by atoms with Gasteiger partial charge in [0.1, 0.15) is 0 Å². The van der Waals surface area contributed by atoms with E-state index in [9.17, 15) is 4.79 Å². The summed E-state index contributed by atoms with van der Waals surface area (Å²) in [6.07, 6.45) is 5.45. The Morgan fingerprint density at radius 1 is 1.27 bits per heavy atom. The first kappa shape index (κ1) is 17.0. The summed E-state index contributed by atoms with van der Waals surface area (Å²) < 4.78 is 4.80. The molecule has 0 bridgehead atoms. The number of benzene rings is 1. The zero-order chi connectivity index (χ0) is 18.1. The number of anilines is 1. The second-order valence-corrected chi connectivity index (χ2v) is 7.22. The van der Waals surface area contributed by atoms with E-state index in [1.54, 1.807) is 0 Å². The first-order valence-corrected chi connectivity index (χ1v) is 9.49. The second kappa shape index (κ2) is 7.06. The van der Waals surface area contributed by atoms with Crippen LogP contribution >= 0.6 is 0 Å². The van der Waals surface area contributed by atoms with Crippen LogP contribution in [0.25, 0.3) is 11.3 Å². The maximum absolute atomic E-state index is 11.6. The summed E-state index contributed by atoms with van der Waals surface area (Å²) in [4.78, 5) is 23.7. The predicted octanol–water partition coefficient (Wildman–Crippen LogP) is 3.34. The van der Waals surface area contributed by atoms with Crippen molar-refractivity contribution < 1.29 is 9.53 Å². The van der Waals surface area contributed by atoms with E-state index in [-0.39, 0.29) is 5.97 Å². The third kappa shape index (κ3) is 3.06. The van der Waals surface area contributed by atoms with E-state index in [0.29, 0.717) is 18.9 Å². The molecule has 4 rings (SSSR count). The summed E-state index contributed by atoms with van der Waals surface area (Å²) in [6.45, 7) is 3.26. The van der Waals surface area contributed by atoms with Gasteiger partial charge >= 0.3 is 5.97 Å². The minimum Gasteiger partial charge on any atom is -0.469 e. The van der Waals surface area contributed by atoms with Gasteiger partial charge in [0.15, 0.2) is 0 Å². The molecule has 26 heavy (non-hydrogen) atoms. The number of nitrogens with zero attached hydrogens (tertiary/aromatic N) is 3. The number of hydrogen-bond donors (Lipinski definition) is 0. The van der Waals surface area contributed by atoms with E-state index in [2.05, 4.69) is 24.0 Å². The molecule has 1 aromatic carbocycles. The van der Waals surface area contributed by atoms with Crippen molar-refractivity contribution in [1.82, 2.24) is 9.97 Å². The molecule has 1 aliphatic heterocycles. The minimum atomic E-state index is -0.178. The SMILES string of the molecule is COC(=O)CCc1ccccc1-c1nc(N2CC[C@@H]2C)nc2c1CCC2. The van der Waals surface area contributed by atoms with Crippen LogP contribution in [0.3, 0.4) is 0 Å². The Labute approximate surface area is 154 Å². The average Bonchev–Trinajstić information content (AvgIpc) is 3.13. The number of carbonyl (C=O) groups is 1. The molecule has 5 heteroatoms. The van der Waals surface area contributed by atoms with Crippen molar-refractivity contribution in [2.45, 2.75) is 51.5 Å². The lowest BCUT2D eigenvalue weighted by molar-refractivity contribution is -0.140. The maximum Gasteiger partial charge on any atom is 0.305 e. The number of fused-ring (bicyclic) bond motifs is 1. The summed E-state index contributed by atoms with van der Waals surface area (Å²) in [5, 5.41) is 0. The lowest BCUT2D eigenvalue weighted by atomic mass is 9.97. The highest BCUT2D eigenvalue weighted by Gasteiger charge is 2.29. The lowest BCUT2D eigenvalue weighted by Crippen LogP contribution is -2.46. The predicted molar refractivity (Wildman–Crippen MR) is 101 cm³/mol. The van der Waals surface area contributed by atoms with E-state index in [1.807, 2.05) is 12.1 Å². The van der Waals surface area contributed by atoms with E-state index in [0.717, 1.165) is 48.6 Å². The molecule has 0 saturated carbocycles. The molecule has 0 N–H and O–H groups in total.